The lowest BCUT2D eigenvalue weighted by atomic mass is 9.71. The van der Waals surface area contributed by atoms with Gasteiger partial charge in [-0.25, -0.2) is 0 Å². The quantitative estimate of drug-likeness (QED) is 0.847. The predicted molar refractivity (Wildman–Crippen MR) is 85.4 cm³/mol. The average Bonchev–Trinajstić information content (AvgIpc) is 2.47. The van der Waals surface area contributed by atoms with E-state index in [0.717, 1.165) is 38.8 Å². The van der Waals surface area contributed by atoms with Crippen molar-refractivity contribution in [2.75, 3.05) is 37.8 Å². The summed E-state index contributed by atoms with van der Waals surface area (Å²) in [4.78, 5) is 17.0. The number of hydrogen-bond acceptors (Lipinski definition) is 7. The van der Waals surface area contributed by atoms with Crippen LogP contribution in [0.1, 0.15) is 37.9 Å². The van der Waals surface area contributed by atoms with Gasteiger partial charge in [0.2, 0.25) is 11.9 Å². The van der Waals surface area contributed by atoms with Gasteiger partial charge in [-0.1, -0.05) is 12.8 Å². The van der Waals surface area contributed by atoms with Crippen LogP contribution < -0.4 is 10.6 Å². The summed E-state index contributed by atoms with van der Waals surface area (Å²) in [5.74, 6) is 1.94. The normalized spacial score (nSPS) is 29.1. The van der Waals surface area contributed by atoms with Gasteiger partial charge in [0.15, 0.2) is 0 Å². The lowest BCUT2D eigenvalue weighted by molar-refractivity contribution is -0.0971. The van der Waals surface area contributed by atoms with Crippen molar-refractivity contribution in [1.29, 1.82) is 0 Å². The molecule has 122 valence electrons. The number of aromatic nitrogens is 3. The summed E-state index contributed by atoms with van der Waals surface area (Å²) in [5, 5.41) is 10.7. The highest BCUT2D eigenvalue weighted by Crippen LogP contribution is 2.39. The van der Waals surface area contributed by atoms with E-state index in [9.17, 15) is 5.11 Å². The molecule has 2 unspecified atom stereocenters. The van der Waals surface area contributed by atoms with Crippen molar-refractivity contribution in [3.63, 3.8) is 0 Å². The Morgan fingerprint density at radius 3 is 2.86 bits per heavy atom. The minimum absolute atomic E-state index is 0.264. The number of fused-ring (bicyclic) bond motifs is 1. The van der Waals surface area contributed by atoms with E-state index in [2.05, 4.69) is 19.9 Å². The highest BCUT2D eigenvalue weighted by molar-refractivity contribution is 5.32. The molecule has 1 aromatic rings. The molecule has 0 radical (unpaired) electrons. The van der Waals surface area contributed by atoms with Crippen LogP contribution in [-0.4, -0.2) is 57.7 Å². The molecule has 22 heavy (non-hydrogen) atoms. The van der Waals surface area contributed by atoms with Crippen LogP contribution in [-0.2, 0) is 6.54 Å². The molecule has 3 N–H and O–H groups in total. The first-order valence-corrected chi connectivity index (χ1v) is 8.09. The fraction of sp³-hybridized carbons (Fsp3) is 0.800. The number of nitrogen functional groups attached to an aromatic ring is 1. The predicted octanol–water partition coefficient (Wildman–Crippen LogP) is 0.647. The van der Waals surface area contributed by atoms with Crippen LogP contribution in [0.25, 0.3) is 0 Å². The third kappa shape index (κ3) is 3.15. The fourth-order valence-corrected chi connectivity index (χ4v) is 3.68. The summed E-state index contributed by atoms with van der Waals surface area (Å²) >= 11 is 0. The number of rotatable bonds is 3. The molecule has 0 amide bonds. The Kier molecular flexibility index (Phi) is 4.18. The Morgan fingerprint density at radius 2 is 2.09 bits per heavy atom. The summed E-state index contributed by atoms with van der Waals surface area (Å²) in [6, 6.07) is 0. The zero-order valence-corrected chi connectivity index (χ0v) is 13.5. The summed E-state index contributed by atoms with van der Waals surface area (Å²) in [6.07, 6.45) is 5.30. The van der Waals surface area contributed by atoms with Crippen LogP contribution in [0.5, 0.6) is 0 Å². The largest absolute Gasteiger partial charge is 0.390 e. The van der Waals surface area contributed by atoms with E-state index in [1.165, 1.54) is 6.42 Å². The van der Waals surface area contributed by atoms with Gasteiger partial charge in [-0.3, -0.25) is 4.90 Å². The van der Waals surface area contributed by atoms with Crippen LogP contribution in [0.15, 0.2) is 0 Å². The minimum atomic E-state index is -0.443. The highest BCUT2D eigenvalue weighted by Gasteiger charge is 2.42. The SMILES string of the molecule is CN(C)c1nc(N)nc(CN2CCC3(O)CCCCC3C2)n1. The minimum Gasteiger partial charge on any atom is -0.390 e. The van der Waals surface area contributed by atoms with Gasteiger partial charge < -0.3 is 15.7 Å². The van der Waals surface area contributed by atoms with Gasteiger partial charge >= 0.3 is 0 Å². The van der Waals surface area contributed by atoms with Crippen molar-refractivity contribution >= 4 is 11.9 Å². The maximum absolute atomic E-state index is 10.7. The smallest absolute Gasteiger partial charge is 0.229 e. The third-order valence-electron chi connectivity index (χ3n) is 4.96. The Balaban J connectivity index is 1.69. The summed E-state index contributed by atoms with van der Waals surface area (Å²) in [6.45, 7) is 2.47. The zero-order valence-electron chi connectivity index (χ0n) is 13.5. The average molecular weight is 306 g/mol. The topological polar surface area (TPSA) is 91.4 Å². The Bertz CT molecular complexity index is 537. The number of nitrogens with two attached hydrogens (primary N) is 1. The molecule has 0 bridgehead atoms. The number of aliphatic hydroxyl groups is 1. The van der Waals surface area contributed by atoms with Gasteiger partial charge in [-0.05, 0) is 19.3 Å². The van der Waals surface area contributed by atoms with Crippen molar-refractivity contribution in [2.24, 2.45) is 5.92 Å². The molecule has 1 saturated heterocycles. The maximum Gasteiger partial charge on any atom is 0.229 e. The van der Waals surface area contributed by atoms with Crippen LogP contribution in [0.3, 0.4) is 0 Å². The standard InChI is InChI=1S/C15H26N6O/c1-20(2)14-18-12(17-13(16)19-14)10-21-8-7-15(22)6-4-3-5-11(15)9-21/h11,22H,3-10H2,1-2H3,(H2,16,17,18,19). The molecule has 0 aromatic carbocycles. The number of anilines is 2. The molecule has 1 aromatic heterocycles. The molecule has 0 spiro atoms. The van der Waals surface area contributed by atoms with Gasteiger partial charge in [-0.15, -0.1) is 0 Å². The first-order chi connectivity index (χ1) is 10.5. The second-order valence-corrected chi connectivity index (χ2v) is 6.84. The Morgan fingerprint density at radius 1 is 1.27 bits per heavy atom. The molecule has 7 heteroatoms. The van der Waals surface area contributed by atoms with E-state index < -0.39 is 5.60 Å². The fourth-order valence-electron chi connectivity index (χ4n) is 3.68. The molecule has 1 saturated carbocycles. The Labute approximate surface area is 131 Å². The maximum atomic E-state index is 10.7. The van der Waals surface area contributed by atoms with Crippen LogP contribution >= 0.6 is 0 Å². The molecule has 2 heterocycles. The van der Waals surface area contributed by atoms with Gasteiger partial charge in [0.1, 0.15) is 5.82 Å². The Hall–Kier alpha value is -1.47. The molecular weight excluding hydrogens is 280 g/mol. The molecule has 2 atom stereocenters. The number of nitrogens with zero attached hydrogens (tertiary/aromatic N) is 5. The molecule has 1 aliphatic carbocycles. The van der Waals surface area contributed by atoms with Crippen LogP contribution in [0.2, 0.25) is 0 Å². The molecule has 3 rings (SSSR count). The summed E-state index contributed by atoms with van der Waals surface area (Å²) in [7, 11) is 3.78. The summed E-state index contributed by atoms with van der Waals surface area (Å²) < 4.78 is 0. The van der Waals surface area contributed by atoms with Crippen molar-refractivity contribution in [1.82, 2.24) is 19.9 Å². The second kappa shape index (κ2) is 5.96. The van der Waals surface area contributed by atoms with Gasteiger partial charge in [0.25, 0.3) is 0 Å². The third-order valence-corrected chi connectivity index (χ3v) is 4.96. The lowest BCUT2D eigenvalue weighted by Gasteiger charge is -2.47. The molecule has 7 nitrogen and oxygen atoms in total. The summed E-state index contributed by atoms with van der Waals surface area (Å²) in [5.41, 5.74) is 5.34. The second-order valence-electron chi connectivity index (χ2n) is 6.84. The van der Waals surface area contributed by atoms with E-state index in [1.807, 2.05) is 19.0 Å². The van der Waals surface area contributed by atoms with Crippen LogP contribution in [0, 0.1) is 5.92 Å². The zero-order chi connectivity index (χ0) is 15.7. The van der Waals surface area contributed by atoms with E-state index in [0.29, 0.717) is 24.2 Å². The first kappa shape index (κ1) is 15.4. The molecule has 2 aliphatic rings. The van der Waals surface area contributed by atoms with Crippen molar-refractivity contribution < 1.29 is 5.11 Å². The molecular formula is C15H26N6O. The number of likely N-dealkylation sites (tertiary alicyclic amines) is 1. The van der Waals surface area contributed by atoms with E-state index in [-0.39, 0.29) is 5.95 Å². The first-order valence-electron chi connectivity index (χ1n) is 8.09. The van der Waals surface area contributed by atoms with Gasteiger partial charge in [0, 0.05) is 33.1 Å². The van der Waals surface area contributed by atoms with Crippen molar-refractivity contribution in [2.45, 2.75) is 44.2 Å². The van der Waals surface area contributed by atoms with Crippen LogP contribution in [0.4, 0.5) is 11.9 Å². The molecule has 1 aliphatic heterocycles. The highest BCUT2D eigenvalue weighted by atomic mass is 16.3. The van der Waals surface area contributed by atoms with E-state index in [4.69, 9.17) is 5.73 Å². The van der Waals surface area contributed by atoms with Gasteiger partial charge in [-0.2, -0.15) is 15.0 Å². The van der Waals surface area contributed by atoms with Crippen molar-refractivity contribution in [3.05, 3.63) is 5.82 Å². The lowest BCUT2D eigenvalue weighted by Crippen LogP contribution is -2.53. The molecule has 2 fully saturated rings. The van der Waals surface area contributed by atoms with E-state index in [1.54, 1.807) is 0 Å². The van der Waals surface area contributed by atoms with Gasteiger partial charge in [0.05, 0.1) is 12.1 Å². The van der Waals surface area contributed by atoms with E-state index >= 15 is 0 Å². The monoisotopic (exact) mass is 306 g/mol. The van der Waals surface area contributed by atoms with Crippen molar-refractivity contribution in [3.8, 4) is 0 Å². The number of hydrogen-bond donors (Lipinski definition) is 2. The number of piperidine rings is 1.